The molecule has 1 aromatic rings. The van der Waals surface area contributed by atoms with Gasteiger partial charge in [0.05, 0.1) is 0 Å². The third kappa shape index (κ3) is 4.36. The van der Waals surface area contributed by atoms with E-state index in [2.05, 4.69) is 15.5 Å². The number of hydrogen-bond acceptors (Lipinski definition) is 3. The molecule has 0 bridgehead atoms. The van der Waals surface area contributed by atoms with Gasteiger partial charge in [-0.25, -0.2) is 0 Å². The Hall–Kier alpha value is -1.07. The number of carbonyl (C=O) groups excluding carboxylic acids is 1. The van der Waals surface area contributed by atoms with E-state index in [1.807, 2.05) is 27.7 Å². The Morgan fingerprint density at radius 1 is 1.59 bits per heavy atom. The molecule has 1 aromatic heterocycles. The number of rotatable bonds is 4. The van der Waals surface area contributed by atoms with Gasteiger partial charge in [0.15, 0.2) is 0 Å². The SMILES string of the molecule is CC(C)c1cc(C(=O)NC(C)(C)CN)n[nH]1.Cl. The van der Waals surface area contributed by atoms with E-state index in [0.29, 0.717) is 18.2 Å². The molecule has 98 valence electrons. The van der Waals surface area contributed by atoms with Crippen LogP contribution in [0.4, 0.5) is 0 Å². The van der Waals surface area contributed by atoms with Crippen LogP contribution in [-0.4, -0.2) is 28.2 Å². The Kier molecular flexibility index (Phi) is 5.64. The molecule has 1 rings (SSSR count). The number of H-pyrrole nitrogens is 1. The fraction of sp³-hybridized carbons (Fsp3) is 0.636. The number of nitrogens with two attached hydrogens (primary N) is 1. The van der Waals surface area contributed by atoms with Crippen LogP contribution < -0.4 is 11.1 Å². The van der Waals surface area contributed by atoms with E-state index in [9.17, 15) is 4.79 Å². The molecule has 0 saturated heterocycles. The smallest absolute Gasteiger partial charge is 0.272 e. The van der Waals surface area contributed by atoms with Crippen LogP contribution in [0.5, 0.6) is 0 Å². The number of aromatic nitrogens is 2. The number of carbonyl (C=O) groups is 1. The van der Waals surface area contributed by atoms with Crippen molar-refractivity contribution in [3.8, 4) is 0 Å². The van der Waals surface area contributed by atoms with E-state index in [0.717, 1.165) is 5.69 Å². The predicted molar refractivity (Wildman–Crippen MR) is 70.5 cm³/mol. The minimum absolute atomic E-state index is 0. The topological polar surface area (TPSA) is 83.8 Å². The number of hydrogen-bond donors (Lipinski definition) is 3. The van der Waals surface area contributed by atoms with Crippen molar-refractivity contribution in [2.45, 2.75) is 39.2 Å². The number of aromatic amines is 1. The Balaban J connectivity index is 0.00000256. The second kappa shape index (κ2) is 6.02. The van der Waals surface area contributed by atoms with E-state index in [4.69, 9.17) is 5.73 Å². The van der Waals surface area contributed by atoms with Crippen LogP contribution in [0.25, 0.3) is 0 Å². The summed E-state index contributed by atoms with van der Waals surface area (Å²) in [6.45, 7) is 8.22. The average Bonchev–Trinajstić information content (AvgIpc) is 2.66. The van der Waals surface area contributed by atoms with Crippen LogP contribution in [0.3, 0.4) is 0 Å². The molecule has 0 spiro atoms. The van der Waals surface area contributed by atoms with Gasteiger partial charge < -0.3 is 11.1 Å². The van der Waals surface area contributed by atoms with Crippen LogP contribution in [-0.2, 0) is 0 Å². The molecule has 0 saturated carbocycles. The Morgan fingerprint density at radius 3 is 2.59 bits per heavy atom. The quantitative estimate of drug-likeness (QED) is 0.766. The van der Waals surface area contributed by atoms with Gasteiger partial charge in [-0.15, -0.1) is 12.4 Å². The fourth-order valence-corrected chi connectivity index (χ4v) is 1.17. The first-order valence-corrected chi connectivity index (χ1v) is 5.43. The van der Waals surface area contributed by atoms with Crippen molar-refractivity contribution in [3.63, 3.8) is 0 Å². The molecular formula is C11H21ClN4O. The molecule has 0 unspecified atom stereocenters. The molecule has 1 amide bonds. The molecule has 1 heterocycles. The lowest BCUT2D eigenvalue weighted by Gasteiger charge is -2.23. The molecule has 17 heavy (non-hydrogen) atoms. The summed E-state index contributed by atoms with van der Waals surface area (Å²) in [4.78, 5) is 11.8. The van der Waals surface area contributed by atoms with Crippen molar-refractivity contribution in [1.82, 2.24) is 15.5 Å². The zero-order valence-corrected chi connectivity index (χ0v) is 11.5. The van der Waals surface area contributed by atoms with Crippen molar-refractivity contribution in [2.75, 3.05) is 6.54 Å². The number of nitrogens with zero attached hydrogens (tertiary/aromatic N) is 1. The molecule has 6 heteroatoms. The van der Waals surface area contributed by atoms with E-state index >= 15 is 0 Å². The number of nitrogens with one attached hydrogen (secondary N) is 2. The zero-order chi connectivity index (χ0) is 12.3. The predicted octanol–water partition coefficient (Wildman–Crippen LogP) is 1.42. The number of halogens is 1. The summed E-state index contributed by atoms with van der Waals surface area (Å²) >= 11 is 0. The van der Waals surface area contributed by atoms with Gasteiger partial charge in [0.2, 0.25) is 0 Å². The van der Waals surface area contributed by atoms with Crippen molar-refractivity contribution in [3.05, 3.63) is 17.5 Å². The van der Waals surface area contributed by atoms with Crippen molar-refractivity contribution in [2.24, 2.45) is 5.73 Å². The molecular weight excluding hydrogens is 240 g/mol. The monoisotopic (exact) mass is 260 g/mol. The van der Waals surface area contributed by atoms with Crippen molar-refractivity contribution >= 4 is 18.3 Å². The van der Waals surface area contributed by atoms with Gasteiger partial charge >= 0.3 is 0 Å². The van der Waals surface area contributed by atoms with Gasteiger partial charge in [0.1, 0.15) is 5.69 Å². The van der Waals surface area contributed by atoms with Gasteiger partial charge in [-0.2, -0.15) is 5.10 Å². The fourth-order valence-electron chi connectivity index (χ4n) is 1.17. The van der Waals surface area contributed by atoms with E-state index < -0.39 is 5.54 Å². The van der Waals surface area contributed by atoms with Crippen LogP contribution >= 0.6 is 12.4 Å². The van der Waals surface area contributed by atoms with Crippen LogP contribution in [0.1, 0.15) is 49.8 Å². The Morgan fingerprint density at radius 2 is 2.18 bits per heavy atom. The lowest BCUT2D eigenvalue weighted by molar-refractivity contribution is 0.0910. The summed E-state index contributed by atoms with van der Waals surface area (Å²) in [5, 5.41) is 9.65. The summed E-state index contributed by atoms with van der Waals surface area (Å²) in [6, 6.07) is 1.77. The lowest BCUT2D eigenvalue weighted by Crippen LogP contribution is -2.48. The molecule has 0 aliphatic rings. The minimum atomic E-state index is -0.409. The summed E-state index contributed by atoms with van der Waals surface area (Å²) in [7, 11) is 0. The molecule has 0 aliphatic heterocycles. The van der Waals surface area contributed by atoms with E-state index in [1.54, 1.807) is 6.07 Å². The third-order valence-electron chi connectivity index (χ3n) is 2.41. The molecule has 4 N–H and O–H groups in total. The Labute approximate surface area is 108 Å². The van der Waals surface area contributed by atoms with Crippen molar-refractivity contribution in [1.29, 1.82) is 0 Å². The van der Waals surface area contributed by atoms with Crippen LogP contribution in [0.15, 0.2) is 6.07 Å². The van der Waals surface area contributed by atoms with E-state index in [-0.39, 0.29) is 18.3 Å². The average molecular weight is 261 g/mol. The summed E-state index contributed by atoms with van der Waals surface area (Å²) in [6.07, 6.45) is 0. The highest BCUT2D eigenvalue weighted by atomic mass is 35.5. The first-order valence-electron chi connectivity index (χ1n) is 5.43. The largest absolute Gasteiger partial charge is 0.344 e. The highest BCUT2D eigenvalue weighted by Crippen LogP contribution is 2.12. The maximum atomic E-state index is 11.8. The van der Waals surface area contributed by atoms with Gasteiger partial charge in [0, 0.05) is 17.8 Å². The first kappa shape index (κ1) is 15.9. The first-order chi connectivity index (χ1) is 7.35. The van der Waals surface area contributed by atoms with Gasteiger partial charge in [-0.3, -0.25) is 9.89 Å². The number of amides is 1. The lowest BCUT2D eigenvalue weighted by atomic mass is 10.1. The van der Waals surface area contributed by atoms with Crippen molar-refractivity contribution < 1.29 is 4.79 Å². The molecule has 0 atom stereocenters. The normalized spacial score (nSPS) is 11.2. The molecule has 0 fully saturated rings. The Bertz CT molecular complexity index is 373. The summed E-state index contributed by atoms with van der Waals surface area (Å²) < 4.78 is 0. The second-order valence-electron chi connectivity index (χ2n) is 4.91. The second-order valence-corrected chi connectivity index (χ2v) is 4.91. The minimum Gasteiger partial charge on any atom is -0.344 e. The van der Waals surface area contributed by atoms with E-state index in [1.165, 1.54) is 0 Å². The maximum Gasteiger partial charge on any atom is 0.272 e. The molecule has 0 aliphatic carbocycles. The van der Waals surface area contributed by atoms with Gasteiger partial charge in [0.25, 0.3) is 5.91 Å². The molecule has 5 nitrogen and oxygen atoms in total. The summed E-state index contributed by atoms with van der Waals surface area (Å²) in [5.41, 5.74) is 6.50. The summed E-state index contributed by atoms with van der Waals surface area (Å²) in [5.74, 6) is 0.134. The maximum absolute atomic E-state index is 11.8. The third-order valence-corrected chi connectivity index (χ3v) is 2.41. The standard InChI is InChI=1S/C11H20N4O.ClH/c1-7(2)8-5-9(15-14-8)10(16)13-11(3,4)6-12;/h5,7H,6,12H2,1-4H3,(H,13,16)(H,14,15);1H. The molecule has 0 aromatic carbocycles. The van der Waals surface area contributed by atoms with Gasteiger partial charge in [-0.1, -0.05) is 13.8 Å². The highest BCUT2D eigenvalue weighted by Gasteiger charge is 2.21. The zero-order valence-electron chi connectivity index (χ0n) is 10.7. The molecule has 0 radical (unpaired) electrons. The van der Waals surface area contributed by atoms with Crippen LogP contribution in [0.2, 0.25) is 0 Å². The van der Waals surface area contributed by atoms with Gasteiger partial charge in [-0.05, 0) is 25.8 Å². The van der Waals surface area contributed by atoms with Crippen LogP contribution in [0, 0.1) is 0 Å². The highest BCUT2D eigenvalue weighted by molar-refractivity contribution is 5.92.